The van der Waals surface area contributed by atoms with Gasteiger partial charge in [0, 0.05) is 13.1 Å². The van der Waals surface area contributed by atoms with Gasteiger partial charge in [0.15, 0.2) is 0 Å². The summed E-state index contributed by atoms with van der Waals surface area (Å²) >= 11 is 0. The van der Waals surface area contributed by atoms with Crippen LogP contribution in [0.5, 0.6) is 0 Å². The Kier molecular flexibility index (Phi) is 3.99. The van der Waals surface area contributed by atoms with Crippen molar-refractivity contribution >= 4 is 0 Å². The summed E-state index contributed by atoms with van der Waals surface area (Å²) in [6, 6.07) is 2.52. The number of hydrogen-bond donors (Lipinski definition) is 1. The maximum atomic E-state index is 11.0. The second-order valence-electron chi connectivity index (χ2n) is 6.36. The fourth-order valence-corrected chi connectivity index (χ4v) is 3.90. The lowest BCUT2D eigenvalue weighted by molar-refractivity contribution is -0.115. The minimum atomic E-state index is -0.748. The molecule has 3 heteroatoms. The van der Waals surface area contributed by atoms with Gasteiger partial charge in [0.1, 0.15) is 0 Å². The Morgan fingerprint density at radius 3 is 2.50 bits per heavy atom. The van der Waals surface area contributed by atoms with Gasteiger partial charge in [-0.3, -0.25) is 0 Å². The molecule has 0 amide bonds. The van der Waals surface area contributed by atoms with Crippen molar-refractivity contribution in [2.24, 2.45) is 11.3 Å². The van der Waals surface area contributed by atoms with E-state index >= 15 is 0 Å². The molecule has 1 aliphatic carbocycles. The van der Waals surface area contributed by atoms with Crippen LogP contribution in [0, 0.1) is 22.7 Å². The van der Waals surface area contributed by atoms with E-state index < -0.39 is 11.0 Å². The topological polar surface area (TPSA) is 47.3 Å². The molecule has 1 saturated heterocycles. The van der Waals surface area contributed by atoms with E-state index in [1.807, 2.05) is 0 Å². The summed E-state index contributed by atoms with van der Waals surface area (Å²) in [5.74, 6) is 0.576. The molecule has 0 radical (unpaired) electrons. The van der Waals surface area contributed by atoms with Gasteiger partial charge in [0.25, 0.3) is 0 Å². The highest BCUT2D eigenvalue weighted by atomic mass is 16.3. The molecule has 0 aromatic rings. The molecule has 2 aliphatic rings. The molecular formula is C15H26N2O. The quantitative estimate of drug-likeness (QED) is 0.819. The molecule has 2 atom stereocenters. The van der Waals surface area contributed by atoms with E-state index in [0.717, 1.165) is 51.7 Å². The van der Waals surface area contributed by atoms with E-state index in [1.54, 1.807) is 0 Å². The van der Waals surface area contributed by atoms with Crippen LogP contribution in [0.1, 0.15) is 52.4 Å². The first-order valence-corrected chi connectivity index (χ1v) is 7.41. The van der Waals surface area contributed by atoms with E-state index in [9.17, 15) is 10.4 Å². The highest BCUT2D eigenvalue weighted by Gasteiger charge is 2.53. The Labute approximate surface area is 111 Å². The number of rotatable bonds is 2. The van der Waals surface area contributed by atoms with Crippen LogP contribution in [-0.4, -0.2) is 35.2 Å². The first kappa shape index (κ1) is 13.8. The van der Waals surface area contributed by atoms with Gasteiger partial charge in [-0.1, -0.05) is 26.7 Å². The standard InChI is InChI=1S/C15H26N2O/c1-3-17-9-7-15(18,8-10-17)14(12-16)6-4-5-13(2)11-14/h13,18H,3-11H2,1-2H3. The molecule has 0 aromatic carbocycles. The second-order valence-corrected chi connectivity index (χ2v) is 6.36. The zero-order valence-electron chi connectivity index (χ0n) is 11.8. The first-order valence-electron chi connectivity index (χ1n) is 7.41. The summed E-state index contributed by atoms with van der Waals surface area (Å²) in [6.07, 6.45) is 5.60. The smallest absolute Gasteiger partial charge is 0.0863 e. The lowest BCUT2D eigenvalue weighted by Crippen LogP contribution is -2.55. The van der Waals surface area contributed by atoms with Crippen LogP contribution in [0.25, 0.3) is 0 Å². The summed E-state index contributed by atoms with van der Waals surface area (Å²) in [4.78, 5) is 2.37. The Morgan fingerprint density at radius 2 is 2.00 bits per heavy atom. The Balaban J connectivity index is 2.14. The molecular weight excluding hydrogens is 224 g/mol. The zero-order chi connectivity index (χ0) is 13.2. The summed E-state index contributed by atoms with van der Waals surface area (Å²) in [7, 11) is 0. The average molecular weight is 250 g/mol. The molecule has 2 rings (SSSR count). The number of hydrogen-bond acceptors (Lipinski definition) is 3. The Bertz CT molecular complexity index is 328. The van der Waals surface area contributed by atoms with E-state index in [4.69, 9.17) is 0 Å². The molecule has 2 fully saturated rings. The van der Waals surface area contributed by atoms with E-state index in [2.05, 4.69) is 24.8 Å². The molecule has 2 unspecified atom stereocenters. The lowest BCUT2D eigenvalue weighted by Gasteiger charge is -2.50. The van der Waals surface area contributed by atoms with Gasteiger partial charge in [-0.15, -0.1) is 0 Å². The third-order valence-corrected chi connectivity index (χ3v) is 5.23. The van der Waals surface area contributed by atoms with Crippen molar-refractivity contribution in [2.45, 2.75) is 58.0 Å². The van der Waals surface area contributed by atoms with Gasteiger partial charge < -0.3 is 10.0 Å². The minimum Gasteiger partial charge on any atom is -0.388 e. The van der Waals surface area contributed by atoms with Gasteiger partial charge >= 0.3 is 0 Å². The van der Waals surface area contributed by atoms with Crippen LogP contribution in [0.4, 0.5) is 0 Å². The van der Waals surface area contributed by atoms with Crippen molar-refractivity contribution in [3.8, 4) is 6.07 Å². The van der Waals surface area contributed by atoms with Crippen LogP contribution >= 0.6 is 0 Å². The van der Waals surface area contributed by atoms with Crippen molar-refractivity contribution < 1.29 is 5.11 Å². The maximum absolute atomic E-state index is 11.0. The van der Waals surface area contributed by atoms with Crippen LogP contribution in [0.15, 0.2) is 0 Å². The summed E-state index contributed by atoms with van der Waals surface area (Å²) in [5.41, 5.74) is -1.23. The molecule has 0 spiro atoms. The zero-order valence-corrected chi connectivity index (χ0v) is 11.8. The van der Waals surface area contributed by atoms with Gasteiger partial charge in [-0.2, -0.15) is 5.26 Å². The third kappa shape index (κ3) is 2.29. The van der Waals surface area contributed by atoms with Crippen molar-refractivity contribution in [1.82, 2.24) is 4.90 Å². The molecule has 1 heterocycles. The van der Waals surface area contributed by atoms with Gasteiger partial charge in [-0.05, 0) is 38.1 Å². The molecule has 102 valence electrons. The largest absolute Gasteiger partial charge is 0.388 e. The van der Waals surface area contributed by atoms with Gasteiger partial charge in [-0.25, -0.2) is 0 Å². The molecule has 0 aromatic heterocycles. The summed E-state index contributed by atoms with van der Waals surface area (Å²) in [6.45, 7) is 7.30. The average Bonchev–Trinajstić information content (AvgIpc) is 2.39. The number of aliphatic hydroxyl groups is 1. The monoisotopic (exact) mass is 250 g/mol. The number of piperidine rings is 1. The van der Waals surface area contributed by atoms with Crippen molar-refractivity contribution in [2.75, 3.05) is 19.6 Å². The maximum Gasteiger partial charge on any atom is 0.0863 e. The molecule has 1 aliphatic heterocycles. The predicted molar refractivity (Wildman–Crippen MR) is 72.0 cm³/mol. The number of nitrogens with zero attached hydrogens (tertiary/aromatic N) is 2. The fourth-order valence-electron chi connectivity index (χ4n) is 3.90. The van der Waals surface area contributed by atoms with Crippen LogP contribution in [0.2, 0.25) is 0 Å². The third-order valence-electron chi connectivity index (χ3n) is 5.23. The second kappa shape index (κ2) is 5.19. The highest BCUT2D eigenvalue weighted by molar-refractivity contribution is 5.14. The predicted octanol–water partition coefficient (Wildman–Crippen LogP) is 2.55. The molecule has 0 bridgehead atoms. The fraction of sp³-hybridized carbons (Fsp3) is 0.933. The number of likely N-dealkylation sites (tertiary alicyclic amines) is 1. The van der Waals surface area contributed by atoms with Crippen molar-refractivity contribution in [3.63, 3.8) is 0 Å². The number of nitriles is 1. The minimum absolute atomic E-state index is 0.482. The highest BCUT2D eigenvalue weighted by Crippen LogP contribution is 2.50. The Hall–Kier alpha value is -0.590. The van der Waals surface area contributed by atoms with E-state index in [0.29, 0.717) is 5.92 Å². The molecule has 1 saturated carbocycles. The van der Waals surface area contributed by atoms with Crippen LogP contribution < -0.4 is 0 Å². The molecule has 3 nitrogen and oxygen atoms in total. The SMILES string of the molecule is CCN1CCC(O)(C2(C#N)CCCC(C)C2)CC1. The van der Waals surface area contributed by atoms with Crippen molar-refractivity contribution in [3.05, 3.63) is 0 Å². The van der Waals surface area contributed by atoms with E-state index in [-0.39, 0.29) is 0 Å². The Morgan fingerprint density at radius 1 is 1.33 bits per heavy atom. The van der Waals surface area contributed by atoms with E-state index in [1.165, 1.54) is 6.42 Å². The van der Waals surface area contributed by atoms with Gasteiger partial charge in [0.2, 0.25) is 0 Å². The molecule has 1 N–H and O–H groups in total. The van der Waals surface area contributed by atoms with Crippen LogP contribution in [-0.2, 0) is 0 Å². The molecule has 18 heavy (non-hydrogen) atoms. The lowest BCUT2D eigenvalue weighted by atomic mass is 9.59. The van der Waals surface area contributed by atoms with Gasteiger partial charge in [0.05, 0.1) is 17.1 Å². The summed E-state index contributed by atoms with van der Waals surface area (Å²) in [5, 5.41) is 20.7. The first-order chi connectivity index (χ1) is 8.55. The van der Waals surface area contributed by atoms with Crippen molar-refractivity contribution in [1.29, 1.82) is 5.26 Å². The summed E-state index contributed by atoms with van der Waals surface area (Å²) < 4.78 is 0. The van der Waals surface area contributed by atoms with Crippen LogP contribution in [0.3, 0.4) is 0 Å². The normalized spacial score (nSPS) is 37.1.